The zero-order chi connectivity index (χ0) is 21.5. The number of nitrogens with zero attached hydrogens (tertiary/aromatic N) is 4. The minimum absolute atomic E-state index is 0.157. The summed E-state index contributed by atoms with van der Waals surface area (Å²) in [6.07, 6.45) is 4.47. The van der Waals surface area contributed by atoms with Crippen molar-refractivity contribution >= 4 is 35.1 Å². The summed E-state index contributed by atoms with van der Waals surface area (Å²) in [5, 5.41) is 23.8. The van der Waals surface area contributed by atoms with Crippen molar-refractivity contribution < 1.29 is 9.72 Å². The van der Waals surface area contributed by atoms with E-state index in [1.807, 2.05) is 25.1 Å². The Morgan fingerprint density at radius 1 is 1.20 bits per heavy atom. The molecule has 9 heteroatoms. The van der Waals surface area contributed by atoms with Crippen molar-refractivity contribution in [1.29, 1.82) is 5.26 Å². The molecule has 0 aliphatic rings. The van der Waals surface area contributed by atoms with Gasteiger partial charge in [-0.1, -0.05) is 17.7 Å². The average Bonchev–Trinajstić information content (AvgIpc) is 2.75. The molecule has 30 heavy (non-hydrogen) atoms. The number of nitro benzene ring substituents is 1. The minimum atomic E-state index is -0.611. The first kappa shape index (κ1) is 20.7. The molecule has 1 amide bonds. The topological polar surface area (TPSA) is 122 Å². The van der Waals surface area contributed by atoms with Gasteiger partial charge in [0.1, 0.15) is 11.6 Å². The molecule has 148 valence electrons. The number of nitriles is 1. The van der Waals surface area contributed by atoms with Crippen molar-refractivity contribution in [3.05, 3.63) is 87.7 Å². The van der Waals surface area contributed by atoms with Gasteiger partial charge in [-0.15, -0.1) is 0 Å². The number of hydrogen-bond donors (Lipinski definition) is 1. The zero-order valence-electron chi connectivity index (χ0n) is 15.8. The van der Waals surface area contributed by atoms with Crippen LogP contribution in [0, 0.1) is 28.4 Å². The van der Waals surface area contributed by atoms with Crippen molar-refractivity contribution in [2.75, 3.05) is 5.32 Å². The van der Waals surface area contributed by atoms with Gasteiger partial charge in [0.15, 0.2) is 5.16 Å². The number of amides is 1. The Hall–Kier alpha value is -4.03. The van der Waals surface area contributed by atoms with Gasteiger partial charge in [0, 0.05) is 35.1 Å². The van der Waals surface area contributed by atoms with E-state index in [9.17, 15) is 20.2 Å². The second-order valence-corrected chi connectivity index (χ2v) is 7.11. The molecule has 3 aromatic rings. The number of aromatic nitrogens is 2. The molecule has 1 N–H and O–H groups in total. The third-order valence-electron chi connectivity index (χ3n) is 3.92. The molecule has 3 rings (SSSR count). The Labute approximate surface area is 176 Å². The Morgan fingerprint density at radius 3 is 2.53 bits per heavy atom. The molecule has 0 aliphatic heterocycles. The lowest BCUT2D eigenvalue weighted by atomic mass is 10.1. The van der Waals surface area contributed by atoms with Crippen LogP contribution >= 0.6 is 11.8 Å². The van der Waals surface area contributed by atoms with Gasteiger partial charge < -0.3 is 5.32 Å². The second-order valence-electron chi connectivity index (χ2n) is 6.10. The standard InChI is InChI=1S/C21H15N5O3S/c1-14-3-5-17(6-4-14)25-20(27)16(13-22)11-15-12-18(26(28)29)7-8-19(15)30-21-23-9-2-10-24-21/h2-12H,1H3,(H,25,27)/b16-11+. The Morgan fingerprint density at radius 2 is 1.90 bits per heavy atom. The minimum Gasteiger partial charge on any atom is -0.321 e. The number of carbonyl (C=O) groups excluding carboxylic acids is 1. The van der Waals surface area contributed by atoms with Crippen molar-refractivity contribution in [3.8, 4) is 6.07 Å². The highest BCUT2D eigenvalue weighted by Gasteiger charge is 2.15. The summed E-state index contributed by atoms with van der Waals surface area (Å²) >= 11 is 1.17. The number of nitro groups is 1. The van der Waals surface area contributed by atoms with Gasteiger partial charge in [-0.25, -0.2) is 9.97 Å². The predicted octanol–water partition coefficient (Wildman–Crippen LogP) is 4.39. The maximum absolute atomic E-state index is 12.6. The Kier molecular flexibility index (Phi) is 6.52. The molecule has 0 atom stereocenters. The number of nitrogens with one attached hydrogen (secondary N) is 1. The van der Waals surface area contributed by atoms with Crippen molar-refractivity contribution in [2.45, 2.75) is 17.0 Å². The molecule has 1 heterocycles. The van der Waals surface area contributed by atoms with E-state index in [4.69, 9.17) is 0 Å². The van der Waals surface area contributed by atoms with Gasteiger partial charge in [-0.3, -0.25) is 14.9 Å². The van der Waals surface area contributed by atoms with Crippen LogP contribution in [-0.2, 0) is 4.79 Å². The fourth-order valence-electron chi connectivity index (χ4n) is 2.43. The second kappa shape index (κ2) is 9.45. The highest BCUT2D eigenvalue weighted by atomic mass is 32.2. The van der Waals surface area contributed by atoms with Crippen molar-refractivity contribution in [3.63, 3.8) is 0 Å². The first-order chi connectivity index (χ1) is 14.5. The summed E-state index contributed by atoms with van der Waals surface area (Å²) in [7, 11) is 0. The Bertz CT molecular complexity index is 1160. The molecule has 0 unspecified atom stereocenters. The van der Waals surface area contributed by atoms with Gasteiger partial charge in [-0.05, 0) is 54.6 Å². The summed E-state index contributed by atoms with van der Waals surface area (Å²) in [5.41, 5.74) is 1.57. The largest absolute Gasteiger partial charge is 0.321 e. The number of non-ortho nitro benzene ring substituents is 1. The summed E-state index contributed by atoms with van der Waals surface area (Å²) in [4.78, 5) is 32.0. The SMILES string of the molecule is Cc1ccc(NC(=O)/C(C#N)=C/c2cc([N+](=O)[O-])ccc2Sc2ncccn2)cc1. The third kappa shape index (κ3) is 5.27. The summed E-state index contributed by atoms with van der Waals surface area (Å²) < 4.78 is 0. The Balaban J connectivity index is 1.95. The highest BCUT2D eigenvalue weighted by Crippen LogP contribution is 2.32. The van der Waals surface area contributed by atoms with E-state index in [-0.39, 0.29) is 11.3 Å². The van der Waals surface area contributed by atoms with Crippen LogP contribution in [0.1, 0.15) is 11.1 Å². The van der Waals surface area contributed by atoms with Crippen molar-refractivity contribution in [2.24, 2.45) is 0 Å². The molecule has 0 saturated heterocycles. The van der Waals surface area contributed by atoms with E-state index in [0.29, 0.717) is 21.3 Å². The molecule has 0 fully saturated rings. The van der Waals surface area contributed by atoms with Gasteiger partial charge >= 0.3 is 0 Å². The molecule has 0 radical (unpaired) electrons. The van der Waals surface area contributed by atoms with Crippen LogP contribution in [0.5, 0.6) is 0 Å². The molecule has 0 spiro atoms. The fourth-order valence-corrected chi connectivity index (χ4v) is 3.23. The van der Waals surface area contributed by atoms with E-state index in [1.54, 1.807) is 30.6 Å². The van der Waals surface area contributed by atoms with Gasteiger partial charge in [-0.2, -0.15) is 5.26 Å². The van der Waals surface area contributed by atoms with Crippen LogP contribution in [0.25, 0.3) is 6.08 Å². The fraction of sp³-hybridized carbons (Fsp3) is 0.0476. The average molecular weight is 417 g/mol. The van der Waals surface area contributed by atoms with Crippen LogP contribution in [0.15, 0.2) is 76.5 Å². The summed E-state index contributed by atoms with van der Waals surface area (Å²) in [5.74, 6) is -0.611. The van der Waals surface area contributed by atoms with E-state index >= 15 is 0 Å². The first-order valence-electron chi connectivity index (χ1n) is 8.69. The van der Waals surface area contributed by atoms with Crippen LogP contribution in [-0.4, -0.2) is 20.8 Å². The predicted molar refractivity (Wildman–Crippen MR) is 113 cm³/mol. The van der Waals surface area contributed by atoms with E-state index in [1.165, 1.54) is 36.0 Å². The third-order valence-corrected chi connectivity index (χ3v) is 4.91. The van der Waals surface area contributed by atoms with Gasteiger partial charge in [0.25, 0.3) is 11.6 Å². The van der Waals surface area contributed by atoms with E-state index < -0.39 is 10.8 Å². The highest BCUT2D eigenvalue weighted by molar-refractivity contribution is 7.99. The molecule has 8 nitrogen and oxygen atoms in total. The lowest BCUT2D eigenvalue weighted by molar-refractivity contribution is -0.384. The van der Waals surface area contributed by atoms with Crippen molar-refractivity contribution in [1.82, 2.24) is 9.97 Å². The first-order valence-corrected chi connectivity index (χ1v) is 9.51. The molecular formula is C21H15N5O3S. The van der Waals surface area contributed by atoms with Gasteiger partial charge in [0.05, 0.1) is 4.92 Å². The summed E-state index contributed by atoms with van der Waals surface area (Å²) in [6, 6.07) is 14.8. The van der Waals surface area contributed by atoms with Crippen LogP contribution in [0.3, 0.4) is 0 Å². The number of aryl methyl sites for hydroxylation is 1. The summed E-state index contributed by atoms with van der Waals surface area (Å²) in [6.45, 7) is 1.92. The van der Waals surface area contributed by atoms with E-state index in [2.05, 4.69) is 15.3 Å². The van der Waals surface area contributed by atoms with Crippen LogP contribution in [0.2, 0.25) is 0 Å². The number of anilines is 1. The molecule has 1 aromatic heterocycles. The molecule has 0 bridgehead atoms. The smallest absolute Gasteiger partial charge is 0.270 e. The van der Waals surface area contributed by atoms with Crippen LogP contribution in [0.4, 0.5) is 11.4 Å². The molecule has 0 saturated carbocycles. The lowest BCUT2D eigenvalue weighted by Crippen LogP contribution is -2.13. The maximum Gasteiger partial charge on any atom is 0.270 e. The number of carbonyl (C=O) groups is 1. The number of hydrogen-bond acceptors (Lipinski definition) is 7. The monoisotopic (exact) mass is 417 g/mol. The molecule has 2 aromatic carbocycles. The maximum atomic E-state index is 12.6. The molecule has 0 aliphatic carbocycles. The molecular weight excluding hydrogens is 402 g/mol. The lowest BCUT2D eigenvalue weighted by Gasteiger charge is -2.07. The number of benzene rings is 2. The van der Waals surface area contributed by atoms with E-state index in [0.717, 1.165) is 5.56 Å². The van der Waals surface area contributed by atoms with Gasteiger partial charge in [0.2, 0.25) is 0 Å². The normalized spacial score (nSPS) is 10.9. The zero-order valence-corrected chi connectivity index (χ0v) is 16.6. The number of rotatable bonds is 6. The van der Waals surface area contributed by atoms with Crippen LogP contribution < -0.4 is 5.32 Å². The quantitative estimate of drug-likeness (QED) is 0.207.